The SMILES string of the molecule is CC(CN)CNC(=O)c1cccnc1SC(C)C(=O)N1CCCC1.Cl.Cl. The van der Waals surface area contributed by atoms with Crippen molar-refractivity contribution in [3.8, 4) is 0 Å². The van der Waals surface area contributed by atoms with Crippen molar-refractivity contribution in [2.75, 3.05) is 26.2 Å². The molecule has 1 aromatic rings. The van der Waals surface area contributed by atoms with Gasteiger partial charge in [-0.2, -0.15) is 0 Å². The molecule has 0 saturated carbocycles. The van der Waals surface area contributed by atoms with Crippen LogP contribution in [-0.4, -0.2) is 53.1 Å². The summed E-state index contributed by atoms with van der Waals surface area (Å²) >= 11 is 1.35. The first kappa shape index (κ1) is 25.0. The maximum atomic E-state index is 12.4. The van der Waals surface area contributed by atoms with Gasteiger partial charge >= 0.3 is 0 Å². The van der Waals surface area contributed by atoms with Gasteiger partial charge in [0.05, 0.1) is 10.8 Å². The van der Waals surface area contributed by atoms with E-state index in [4.69, 9.17) is 5.73 Å². The minimum atomic E-state index is -0.257. The summed E-state index contributed by atoms with van der Waals surface area (Å²) in [7, 11) is 0. The van der Waals surface area contributed by atoms with Crippen molar-refractivity contribution in [1.82, 2.24) is 15.2 Å². The van der Waals surface area contributed by atoms with Crippen LogP contribution in [0.2, 0.25) is 0 Å². The summed E-state index contributed by atoms with van der Waals surface area (Å²) < 4.78 is 0. The topological polar surface area (TPSA) is 88.3 Å². The van der Waals surface area contributed by atoms with Gasteiger partial charge < -0.3 is 16.0 Å². The van der Waals surface area contributed by atoms with Crippen molar-refractivity contribution in [2.24, 2.45) is 11.7 Å². The van der Waals surface area contributed by atoms with Gasteiger partial charge in [-0.3, -0.25) is 9.59 Å². The number of nitrogens with two attached hydrogens (primary N) is 1. The number of likely N-dealkylation sites (tertiary alicyclic amines) is 1. The average Bonchev–Trinajstić information content (AvgIpc) is 3.13. The summed E-state index contributed by atoms with van der Waals surface area (Å²) in [5.41, 5.74) is 6.08. The predicted octanol–water partition coefficient (Wildman–Crippen LogP) is 2.35. The summed E-state index contributed by atoms with van der Waals surface area (Å²) in [6.45, 7) is 6.56. The van der Waals surface area contributed by atoms with Crippen LogP contribution < -0.4 is 11.1 Å². The van der Waals surface area contributed by atoms with Crippen LogP contribution in [0, 0.1) is 5.92 Å². The molecule has 2 amide bonds. The van der Waals surface area contributed by atoms with Crippen LogP contribution in [0.3, 0.4) is 0 Å². The van der Waals surface area contributed by atoms with E-state index < -0.39 is 0 Å². The molecule has 2 unspecified atom stereocenters. The molecule has 148 valence electrons. The third-order valence-corrected chi connectivity index (χ3v) is 5.19. The molecule has 1 saturated heterocycles. The van der Waals surface area contributed by atoms with Gasteiger partial charge in [0, 0.05) is 25.8 Å². The van der Waals surface area contributed by atoms with E-state index in [0.717, 1.165) is 25.9 Å². The normalized spacial score (nSPS) is 15.4. The molecule has 0 bridgehead atoms. The molecule has 0 spiro atoms. The molecule has 1 aromatic heterocycles. The summed E-state index contributed by atoms with van der Waals surface area (Å²) in [4.78, 5) is 31.0. The van der Waals surface area contributed by atoms with E-state index in [1.165, 1.54) is 11.8 Å². The van der Waals surface area contributed by atoms with Gasteiger partial charge in [0.1, 0.15) is 5.03 Å². The fourth-order valence-corrected chi connectivity index (χ4v) is 3.51. The maximum absolute atomic E-state index is 12.4. The molecule has 2 atom stereocenters. The zero-order valence-corrected chi connectivity index (χ0v) is 17.6. The molecule has 26 heavy (non-hydrogen) atoms. The third-order valence-electron chi connectivity index (χ3n) is 4.08. The number of carbonyl (C=O) groups is 2. The lowest BCUT2D eigenvalue weighted by Crippen LogP contribution is -2.34. The fourth-order valence-electron chi connectivity index (χ4n) is 2.52. The number of halogens is 2. The van der Waals surface area contributed by atoms with Gasteiger partial charge in [0.15, 0.2) is 0 Å². The number of carbonyl (C=O) groups excluding carboxylic acids is 2. The van der Waals surface area contributed by atoms with E-state index in [1.54, 1.807) is 18.3 Å². The van der Waals surface area contributed by atoms with Crippen molar-refractivity contribution >= 4 is 48.4 Å². The minimum Gasteiger partial charge on any atom is -0.352 e. The average molecular weight is 423 g/mol. The Kier molecular flexibility index (Phi) is 11.9. The van der Waals surface area contributed by atoms with Gasteiger partial charge in [0.25, 0.3) is 5.91 Å². The number of hydrogen-bond acceptors (Lipinski definition) is 5. The van der Waals surface area contributed by atoms with Crippen LogP contribution in [0.1, 0.15) is 37.0 Å². The van der Waals surface area contributed by atoms with Crippen LogP contribution in [-0.2, 0) is 4.79 Å². The van der Waals surface area contributed by atoms with Crippen LogP contribution in [0.25, 0.3) is 0 Å². The second kappa shape index (κ2) is 12.4. The zero-order valence-electron chi connectivity index (χ0n) is 15.1. The Morgan fingerprint density at radius 2 is 1.96 bits per heavy atom. The van der Waals surface area contributed by atoms with Gasteiger partial charge in [-0.1, -0.05) is 18.7 Å². The first-order valence-corrected chi connectivity index (χ1v) is 9.29. The molecule has 1 aliphatic heterocycles. The van der Waals surface area contributed by atoms with Gasteiger partial charge in [-0.05, 0) is 44.4 Å². The van der Waals surface area contributed by atoms with E-state index in [9.17, 15) is 9.59 Å². The molecule has 6 nitrogen and oxygen atoms in total. The van der Waals surface area contributed by atoms with Gasteiger partial charge in [-0.15, -0.1) is 24.8 Å². The number of pyridine rings is 1. The van der Waals surface area contributed by atoms with Crippen molar-refractivity contribution < 1.29 is 9.59 Å². The quantitative estimate of drug-likeness (QED) is 0.658. The Bertz CT molecular complexity index is 586. The lowest BCUT2D eigenvalue weighted by molar-refractivity contribution is -0.129. The van der Waals surface area contributed by atoms with Gasteiger partial charge in [-0.25, -0.2) is 4.98 Å². The molecule has 2 rings (SSSR count). The van der Waals surface area contributed by atoms with E-state index in [-0.39, 0.29) is 47.8 Å². The van der Waals surface area contributed by atoms with E-state index in [0.29, 0.717) is 23.7 Å². The van der Waals surface area contributed by atoms with E-state index in [1.807, 2.05) is 18.7 Å². The molecule has 0 aromatic carbocycles. The molecule has 0 radical (unpaired) electrons. The molecule has 9 heteroatoms. The molecule has 1 fully saturated rings. The monoisotopic (exact) mass is 422 g/mol. The highest BCUT2D eigenvalue weighted by Crippen LogP contribution is 2.26. The Labute approximate surface area is 171 Å². The van der Waals surface area contributed by atoms with Crippen LogP contribution in [0.4, 0.5) is 0 Å². The van der Waals surface area contributed by atoms with Crippen LogP contribution in [0.15, 0.2) is 23.4 Å². The van der Waals surface area contributed by atoms with Crippen molar-refractivity contribution in [2.45, 2.75) is 37.0 Å². The number of amides is 2. The highest BCUT2D eigenvalue weighted by atomic mass is 35.5. The summed E-state index contributed by atoms with van der Waals surface area (Å²) in [6, 6.07) is 3.48. The highest BCUT2D eigenvalue weighted by molar-refractivity contribution is 8.00. The predicted molar refractivity (Wildman–Crippen MR) is 110 cm³/mol. The first-order chi connectivity index (χ1) is 11.5. The van der Waals surface area contributed by atoms with Crippen molar-refractivity contribution in [3.05, 3.63) is 23.9 Å². The number of rotatable bonds is 7. The smallest absolute Gasteiger partial charge is 0.254 e. The summed E-state index contributed by atoms with van der Waals surface area (Å²) in [5.74, 6) is 0.162. The van der Waals surface area contributed by atoms with E-state index >= 15 is 0 Å². The van der Waals surface area contributed by atoms with Gasteiger partial charge in [0.2, 0.25) is 5.91 Å². The number of nitrogens with zero attached hydrogens (tertiary/aromatic N) is 2. The summed E-state index contributed by atoms with van der Waals surface area (Å²) in [5, 5.41) is 3.22. The fraction of sp³-hybridized carbons (Fsp3) is 0.588. The molecular formula is C17H28Cl2N4O2S. The lowest BCUT2D eigenvalue weighted by Gasteiger charge is -2.20. The standard InChI is InChI=1S/C17H26N4O2S.2ClH/c1-12(10-18)11-20-15(22)14-6-5-7-19-16(14)24-13(2)17(23)21-8-3-4-9-21;;/h5-7,12-13H,3-4,8-11,18H2,1-2H3,(H,20,22);2*1H. The molecule has 1 aliphatic rings. The third kappa shape index (κ3) is 6.95. The number of nitrogens with one attached hydrogen (secondary N) is 1. The Morgan fingerprint density at radius 1 is 1.31 bits per heavy atom. The first-order valence-electron chi connectivity index (χ1n) is 8.41. The molecule has 2 heterocycles. The Morgan fingerprint density at radius 3 is 2.58 bits per heavy atom. The lowest BCUT2D eigenvalue weighted by atomic mass is 10.2. The summed E-state index contributed by atoms with van der Waals surface area (Å²) in [6.07, 6.45) is 3.79. The molecular weight excluding hydrogens is 395 g/mol. The number of aromatic nitrogens is 1. The van der Waals surface area contributed by atoms with Crippen LogP contribution in [0.5, 0.6) is 0 Å². The van der Waals surface area contributed by atoms with E-state index in [2.05, 4.69) is 10.3 Å². The zero-order chi connectivity index (χ0) is 17.5. The van der Waals surface area contributed by atoms with Crippen molar-refractivity contribution in [1.29, 1.82) is 0 Å². The van der Waals surface area contributed by atoms with Crippen molar-refractivity contribution in [3.63, 3.8) is 0 Å². The largest absolute Gasteiger partial charge is 0.352 e. The number of thioether (sulfide) groups is 1. The molecule has 3 N–H and O–H groups in total. The Balaban J connectivity index is 0.00000312. The second-order valence-electron chi connectivity index (χ2n) is 6.20. The minimum absolute atomic E-state index is 0. The molecule has 0 aliphatic carbocycles. The van der Waals surface area contributed by atoms with Crippen LogP contribution >= 0.6 is 36.6 Å². The maximum Gasteiger partial charge on any atom is 0.254 e. The Hall–Kier alpha value is -1.02. The number of hydrogen-bond donors (Lipinski definition) is 2. The highest BCUT2D eigenvalue weighted by Gasteiger charge is 2.25. The second-order valence-corrected chi connectivity index (χ2v) is 7.53.